The van der Waals surface area contributed by atoms with Gasteiger partial charge >= 0.3 is 6.01 Å². The third kappa shape index (κ3) is 4.16. The summed E-state index contributed by atoms with van der Waals surface area (Å²) in [6, 6.07) is 7.14. The first-order chi connectivity index (χ1) is 19.4. The maximum atomic E-state index is 16.4. The normalized spacial score (nSPS) is 20.4. The number of ether oxygens (including phenoxy) is 1. The number of benzene rings is 2. The Bertz CT molecular complexity index is 1600. The summed E-state index contributed by atoms with van der Waals surface area (Å²) in [6.07, 6.45) is 6.88. The third-order valence-electron chi connectivity index (χ3n) is 8.99. The summed E-state index contributed by atoms with van der Waals surface area (Å²) in [4.78, 5) is 18.3. The second kappa shape index (κ2) is 9.85. The molecule has 4 aromatic rings. The summed E-state index contributed by atoms with van der Waals surface area (Å²) < 4.78 is 51.5. The van der Waals surface area contributed by atoms with Crippen LogP contribution in [0.25, 0.3) is 32.9 Å². The van der Waals surface area contributed by atoms with E-state index in [1.807, 2.05) is 11.9 Å². The molecular formula is C30H31F3N6O. The minimum Gasteiger partial charge on any atom is -0.461 e. The van der Waals surface area contributed by atoms with Gasteiger partial charge in [0.1, 0.15) is 35.3 Å². The Morgan fingerprint density at radius 1 is 1.12 bits per heavy atom. The van der Waals surface area contributed by atoms with Crippen LogP contribution in [0.1, 0.15) is 32.1 Å². The molecule has 3 fully saturated rings. The predicted octanol–water partition coefficient (Wildman–Crippen LogP) is 5.07. The number of halogens is 3. The van der Waals surface area contributed by atoms with E-state index < -0.39 is 17.5 Å². The number of nitrogens with one attached hydrogen (secondary N) is 1. The van der Waals surface area contributed by atoms with E-state index in [9.17, 15) is 8.78 Å². The van der Waals surface area contributed by atoms with Gasteiger partial charge in [0.25, 0.3) is 0 Å². The van der Waals surface area contributed by atoms with Gasteiger partial charge in [0.05, 0.1) is 10.9 Å². The molecule has 1 N–H and O–H groups in total. The highest BCUT2D eigenvalue weighted by atomic mass is 19.1. The smallest absolute Gasteiger partial charge is 0.319 e. The van der Waals surface area contributed by atoms with Crippen molar-refractivity contribution >= 4 is 27.5 Å². The van der Waals surface area contributed by atoms with Crippen molar-refractivity contribution < 1.29 is 17.9 Å². The number of anilines is 1. The van der Waals surface area contributed by atoms with Crippen molar-refractivity contribution in [2.75, 3.05) is 44.7 Å². The fourth-order valence-corrected chi connectivity index (χ4v) is 6.88. The zero-order valence-electron chi connectivity index (χ0n) is 22.4. The van der Waals surface area contributed by atoms with Crippen LogP contribution in [-0.2, 0) is 0 Å². The van der Waals surface area contributed by atoms with Gasteiger partial charge in [-0.15, -0.1) is 0 Å². The van der Waals surface area contributed by atoms with Crippen molar-refractivity contribution in [3.63, 3.8) is 0 Å². The average Bonchev–Trinajstić information content (AvgIpc) is 3.69. The van der Waals surface area contributed by atoms with Gasteiger partial charge in [-0.25, -0.2) is 13.2 Å². The van der Waals surface area contributed by atoms with Crippen LogP contribution in [0.5, 0.6) is 6.01 Å². The molecule has 0 aliphatic carbocycles. The van der Waals surface area contributed by atoms with Crippen LogP contribution in [0.2, 0.25) is 0 Å². The molecular weight excluding hydrogens is 517 g/mol. The van der Waals surface area contributed by atoms with Gasteiger partial charge in [-0.1, -0.05) is 18.2 Å². The fourth-order valence-electron chi connectivity index (χ4n) is 6.88. The van der Waals surface area contributed by atoms with Gasteiger partial charge in [0, 0.05) is 42.8 Å². The van der Waals surface area contributed by atoms with Crippen molar-refractivity contribution in [1.82, 2.24) is 25.2 Å². The van der Waals surface area contributed by atoms with Crippen molar-refractivity contribution in [3.8, 4) is 17.3 Å². The number of fused-ring (bicyclic) bond motifs is 3. The van der Waals surface area contributed by atoms with Crippen LogP contribution < -0.4 is 15.0 Å². The van der Waals surface area contributed by atoms with Crippen LogP contribution >= 0.6 is 0 Å². The number of aromatic nitrogens is 3. The first kappa shape index (κ1) is 25.5. The maximum Gasteiger partial charge on any atom is 0.319 e. The van der Waals surface area contributed by atoms with Crippen LogP contribution in [0.4, 0.5) is 19.0 Å². The molecule has 5 heterocycles. The van der Waals surface area contributed by atoms with Crippen molar-refractivity contribution in [2.24, 2.45) is 0 Å². The molecule has 40 heavy (non-hydrogen) atoms. The van der Waals surface area contributed by atoms with E-state index in [1.165, 1.54) is 6.07 Å². The largest absolute Gasteiger partial charge is 0.461 e. The van der Waals surface area contributed by atoms with E-state index in [1.54, 1.807) is 24.4 Å². The van der Waals surface area contributed by atoms with Gasteiger partial charge in [-0.05, 0) is 63.2 Å². The number of nitrogens with zero attached hydrogens (tertiary/aromatic N) is 5. The molecule has 0 spiro atoms. The molecule has 0 amide bonds. The van der Waals surface area contributed by atoms with E-state index in [0.717, 1.165) is 64.3 Å². The van der Waals surface area contributed by atoms with Crippen LogP contribution in [0.15, 0.2) is 36.5 Å². The Kier molecular flexibility index (Phi) is 6.27. The molecule has 208 valence electrons. The van der Waals surface area contributed by atoms with E-state index in [-0.39, 0.29) is 39.8 Å². The predicted molar refractivity (Wildman–Crippen MR) is 148 cm³/mol. The second-order valence-corrected chi connectivity index (χ2v) is 11.3. The summed E-state index contributed by atoms with van der Waals surface area (Å²) in [5, 5.41) is 4.26. The highest BCUT2D eigenvalue weighted by Crippen LogP contribution is 2.40. The molecule has 1 unspecified atom stereocenters. The summed E-state index contributed by atoms with van der Waals surface area (Å²) in [6.45, 7) is 4.27. The Morgan fingerprint density at radius 2 is 1.95 bits per heavy atom. The standard InChI is InChI=1S/C30H31F3N6O/c1-38(20-7-10-34-15-20)28-22-16-35-26(21-6-2-5-18-13-19(31)14-23(32)24(18)21)25(33)27(22)36-29(37-28)40-17-30-8-3-11-39(30)12-4-9-30/h2,5-6,13-14,16,20,34H,3-4,7-12,15,17H2,1H3. The quantitative estimate of drug-likeness (QED) is 0.361. The molecule has 0 radical (unpaired) electrons. The molecule has 3 aliphatic heterocycles. The van der Waals surface area contributed by atoms with Crippen LogP contribution in [0.3, 0.4) is 0 Å². The lowest BCUT2D eigenvalue weighted by Gasteiger charge is -2.31. The zero-order chi connectivity index (χ0) is 27.4. The summed E-state index contributed by atoms with van der Waals surface area (Å²) in [7, 11) is 1.94. The highest BCUT2D eigenvalue weighted by Gasteiger charge is 2.45. The SMILES string of the molecule is CN(c1nc(OCC23CCCN2CCC3)nc2c(F)c(-c3cccc4cc(F)cc(F)c34)ncc12)C1CCNC1. The molecule has 0 bridgehead atoms. The molecule has 1 atom stereocenters. The van der Waals surface area contributed by atoms with Crippen LogP contribution in [-0.4, -0.2) is 71.3 Å². The number of pyridine rings is 1. The van der Waals surface area contributed by atoms with Gasteiger partial charge in [0.15, 0.2) is 5.82 Å². The van der Waals surface area contributed by atoms with E-state index in [0.29, 0.717) is 23.2 Å². The monoisotopic (exact) mass is 548 g/mol. The maximum absolute atomic E-state index is 16.4. The lowest BCUT2D eigenvalue weighted by molar-refractivity contribution is 0.108. The Labute approximate surface area is 230 Å². The zero-order valence-corrected chi connectivity index (χ0v) is 22.4. The van der Waals surface area contributed by atoms with Crippen molar-refractivity contribution in [2.45, 2.75) is 43.7 Å². The molecule has 7 nitrogen and oxygen atoms in total. The Balaban J connectivity index is 1.35. The minimum absolute atomic E-state index is 0.0164. The molecule has 3 saturated heterocycles. The minimum atomic E-state index is -0.773. The average molecular weight is 549 g/mol. The topological polar surface area (TPSA) is 66.4 Å². The van der Waals surface area contributed by atoms with E-state index in [4.69, 9.17) is 9.72 Å². The Hall–Kier alpha value is -3.50. The Morgan fingerprint density at radius 3 is 2.73 bits per heavy atom. The van der Waals surface area contributed by atoms with Gasteiger partial charge in [-0.3, -0.25) is 9.88 Å². The molecule has 2 aromatic heterocycles. The molecule has 10 heteroatoms. The first-order valence-corrected chi connectivity index (χ1v) is 14.0. The van der Waals surface area contributed by atoms with Crippen molar-refractivity contribution in [3.05, 3.63) is 54.0 Å². The van der Waals surface area contributed by atoms with E-state index >= 15 is 4.39 Å². The van der Waals surface area contributed by atoms with Crippen LogP contribution in [0, 0.1) is 17.5 Å². The number of rotatable bonds is 6. The summed E-state index contributed by atoms with van der Waals surface area (Å²) in [5.41, 5.74) is 0.226. The van der Waals surface area contributed by atoms with Gasteiger partial charge < -0.3 is 15.0 Å². The number of likely N-dealkylation sites (N-methyl/N-ethyl adjacent to an activating group) is 1. The lowest BCUT2D eigenvalue weighted by Crippen LogP contribution is -2.43. The molecule has 0 saturated carbocycles. The molecule has 7 rings (SSSR count). The first-order valence-electron chi connectivity index (χ1n) is 14.0. The highest BCUT2D eigenvalue weighted by molar-refractivity contribution is 5.99. The third-order valence-corrected chi connectivity index (χ3v) is 8.99. The molecule has 3 aliphatic rings. The van der Waals surface area contributed by atoms with Gasteiger partial charge in [0.2, 0.25) is 0 Å². The second-order valence-electron chi connectivity index (χ2n) is 11.3. The molecule has 2 aromatic carbocycles. The number of hydrogen-bond acceptors (Lipinski definition) is 7. The van der Waals surface area contributed by atoms with E-state index in [2.05, 4.69) is 20.2 Å². The van der Waals surface area contributed by atoms with Gasteiger partial charge in [-0.2, -0.15) is 9.97 Å². The number of hydrogen-bond donors (Lipinski definition) is 1. The lowest BCUT2D eigenvalue weighted by atomic mass is 9.95. The summed E-state index contributed by atoms with van der Waals surface area (Å²) >= 11 is 0. The van der Waals surface area contributed by atoms with Crippen molar-refractivity contribution in [1.29, 1.82) is 0 Å². The summed E-state index contributed by atoms with van der Waals surface area (Å²) in [5.74, 6) is -1.61. The fraction of sp³-hybridized carbons (Fsp3) is 0.433.